The van der Waals surface area contributed by atoms with Gasteiger partial charge in [0.15, 0.2) is 0 Å². The van der Waals surface area contributed by atoms with Gasteiger partial charge in [0.25, 0.3) is 0 Å². The second-order valence-corrected chi connectivity index (χ2v) is 8.22. The van der Waals surface area contributed by atoms with Crippen molar-refractivity contribution in [1.82, 2.24) is 9.62 Å². The van der Waals surface area contributed by atoms with E-state index in [4.69, 9.17) is 4.42 Å². The van der Waals surface area contributed by atoms with Crippen LogP contribution in [0.3, 0.4) is 0 Å². The van der Waals surface area contributed by atoms with Gasteiger partial charge in [-0.15, -0.1) is 0 Å². The molecule has 0 unspecified atom stereocenters. The maximum atomic E-state index is 12.0. The number of hydrogen-bond donors (Lipinski definition) is 2. The Kier molecular flexibility index (Phi) is 5.15. The van der Waals surface area contributed by atoms with E-state index in [9.17, 15) is 13.2 Å². The summed E-state index contributed by atoms with van der Waals surface area (Å²) in [5, 5.41) is 7.50. The number of hydrogen-bond acceptors (Lipinski definition) is 4. The lowest BCUT2D eigenvalue weighted by atomic mass is 10.1. The molecular weight excluding hydrogens is 354 g/mol. The number of para-hydroxylation sites is 1. The molecule has 138 valence electrons. The van der Waals surface area contributed by atoms with Gasteiger partial charge in [-0.25, -0.2) is 17.5 Å². The minimum atomic E-state index is -3.19. The number of carbonyl (C=O) groups is 1. The van der Waals surface area contributed by atoms with Crippen LogP contribution in [0.2, 0.25) is 0 Å². The van der Waals surface area contributed by atoms with Crippen molar-refractivity contribution in [3.8, 4) is 0 Å². The Hall–Kier alpha value is -2.58. The molecule has 1 aromatic heterocycles. The second-order valence-electron chi connectivity index (χ2n) is 6.13. The van der Waals surface area contributed by atoms with Gasteiger partial charge in [-0.05, 0) is 24.6 Å². The van der Waals surface area contributed by atoms with Crippen molar-refractivity contribution in [1.29, 1.82) is 0 Å². The van der Waals surface area contributed by atoms with Gasteiger partial charge in [-0.2, -0.15) is 0 Å². The fourth-order valence-corrected chi connectivity index (χ4v) is 3.11. The quantitative estimate of drug-likeness (QED) is 0.648. The first-order chi connectivity index (χ1) is 12.3. The maximum Gasteiger partial charge on any atom is 0.319 e. The minimum Gasteiger partial charge on any atom is -0.456 e. The highest BCUT2D eigenvalue weighted by Crippen LogP contribution is 2.30. The third kappa shape index (κ3) is 4.14. The Morgan fingerprint density at radius 3 is 2.62 bits per heavy atom. The van der Waals surface area contributed by atoms with E-state index in [0.29, 0.717) is 30.8 Å². The normalized spacial score (nSPS) is 12.0. The molecule has 26 heavy (non-hydrogen) atoms. The van der Waals surface area contributed by atoms with Crippen molar-refractivity contribution >= 4 is 43.7 Å². The third-order valence-electron chi connectivity index (χ3n) is 4.14. The smallest absolute Gasteiger partial charge is 0.319 e. The molecule has 3 aromatic rings. The largest absolute Gasteiger partial charge is 0.456 e. The summed E-state index contributed by atoms with van der Waals surface area (Å²) in [6.07, 6.45) is 1.68. The van der Waals surface area contributed by atoms with Crippen molar-refractivity contribution in [2.75, 3.05) is 31.7 Å². The molecular formula is C18H21N3O4S. The molecule has 0 radical (unpaired) electrons. The first-order valence-corrected chi connectivity index (χ1v) is 10.1. The van der Waals surface area contributed by atoms with Crippen molar-refractivity contribution in [3.63, 3.8) is 0 Å². The van der Waals surface area contributed by atoms with Gasteiger partial charge in [-0.3, -0.25) is 0 Å². The Labute approximate surface area is 152 Å². The molecule has 0 bridgehead atoms. The lowest BCUT2D eigenvalue weighted by Gasteiger charge is -2.14. The number of rotatable bonds is 6. The van der Waals surface area contributed by atoms with E-state index in [1.165, 1.54) is 11.4 Å². The standard InChI is InChI=1S/C18H21N3O4S/c1-21(26(2,23)24)11-5-10-19-18(22)20-13-8-9-15-14-6-3-4-7-16(14)25-17(15)12-13/h3-4,6-9,12H,5,10-11H2,1-2H3,(H2,19,20,22). The second kappa shape index (κ2) is 7.35. The van der Waals surface area contributed by atoms with Gasteiger partial charge in [0.05, 0.1) is 6.26 Å². The summed E-state index contributed by atoms with van der Waals surface area (Å²) in [5.74, 6) is 0. The van der Waals surface area contributed by atoms with Crippen LogP contribution in [0, 0.1) is 0 Å². The Bertz CT molecular complexity index is 1040. The highest BCUT2D eigenvalue weighted by Gasteiger charge is 2.11. The molecule has 8 heteroatoms. The van der Waals surface area contributed by atoms with Gasteiger partial charge in [0, 0.05) is 42.7 Å². The fourth-order valence-electron chi connectivity index (χ4n) is 2.65. The predicted octanol–water partition coefficient (Wildman–Crippen LogP) is 2.99. The van der Waals surface area contributed by atoms with Crippen LogP contribution >= 0.6 is 0 Å². The predicted molar refractivity (Wildman–Crippen MR) is 103 cm³/mol. The lowest BCUT2D eigenvalue weighted by molar-refractivity contribution is 0.252. The van der Waals surface area contributed by atoms with Gasteiger partial charge in [0.1, 0.15) is 11.2 Å². The number of nitrogens with one attached hydrogen (secondary N) is 2. The molecule has 0 atom stereocenters. The zero-order chi connectivity index (χ0) is 18.7. The summed E-state index contributed by atoms with van der Waals surface area (Å²) in [7, 11) is -1.68. The van der Waals surface area contributed by atoms with Gasteiger partial charge >= 0.3 is 6.03 Å². The van der Waals surface area contributed by atoms with Crippen LogP contribution in [0.25, 0.3) is 21.9 Å². The molecule has 2 aromatic carbocycles. The summed E-state index contributed by atoms with van der Waals surface area (Å²) in [4.78, 5) is 12.0. The van der Waals surface area contributed by atoms with E-state index in [-0.39, 0.29) is 6.03 Å². The molecule has 0 aliphatic heterocycles. The Morgan fingerprint density at radius 2 is 1.85 bits per heavy atom. The molecule has 0 saturated carbocycles. The molecule has 2 amide bonds. The number of urea groups is 1. The first kappa shape index (κ1) is 18.2. The molecule has 0 spiro atoms. The molecule has 0 saturated heterocycles. The van der Waals surface area contributed by atoms with Gasteiger partial charge in [-0.1, -0.05) is 18.2 Å². The van der Waals surface area contributed by atoms with E-state index >= 15 is 0 Å². The fraction of sp³-hybridized carbons (Fsp3) is 0.278. The van der Waals surface area contributed by atoms with E-state index in [1.54, 1.807) is 6.07 Å². The molecule has 7 nitrogen and oxygen atoms in total. The average Bonchev–Trinajstić information content (AvgIpc) is 2.95. The average molecular weight is 375 g/mol. The highest BCUT2D eigenvalue weighted by molar-refractivity contribution is 7.88. The topological polar surface area (TPSA) is 91.7 Å². The van der Waals surface area contributed by atoms with E-state index in [1.807, 2.05) is 36.4 Å². The molecule has 2 N–H and O–H groups in total. The van der Waals surface area contributed by atoms with E-state index < -0.39 is 10.0 Å². The van der Waals surface area contributed by atoms with Crippen LogP contribution in [-0.2, 0) is 10.0 Å². The van der Waals surface area contributed by atoms with Crippen LogP contribution in [-0.4, -0.2) is 45.1 Å². The maximum absolute atomic E-state index is 12.0. The van der Waals surface area contributed by atoms with Crippen LogP contribution in [0.5, 0.6) is 0 Å². The number of anilines is 1. The Morgan fingerprint density at radius 1 is 1.12 bits per heavy atom. The summed E-state index contributed by atoms with van der Waals surface area (Å²) >= 11 is 0. The number of nitrogens with zero attached hydrogens (tertiary/aromatic N) is 1. The zero-order valence-electron chi connectivity index (χ0n) is 14.7. The number of benzene rings is 2. The molecule has 0 fully saturated rings. The SMILES string of the molecule is CN(CCCNC(=O)Nc1ccc2c(c1)oc1ccccc12)S(C)(=O)=O. The number of fused-ring (bicyclic) bond motifs is 3. The van der Waals surface area contributed by atoms with Crippen molar-refractivity contribution in [3.05, 3.63) is 42.5 Å². The monoisotopic (exact) mass is 375 g/mol. The van der Waals surface area contributed by atoms with Crippen LogP contribution in [0.1, 0.15) is 6.42 Å². The minimum absolute atomic E-state index is 0.345. The summed E-state index contributed by atoms with van der Waals surface area (Å²) in [5.41, 5.74) is 2.14. The molecule has 1 heterocycles. The van der Waals surface area contributed by atoms with Crippen molar-refractivity contribution in [2.24, 2.45) is 0 Å². The number of sulfonamides is 1. The summed E-state index contributed by atoms with van der Waals surface area (Å²) in [6, 6.07) is 12.9. The van der Waals surface area contributed by atoms with Crippen molar-refractivity contribution < 1.29 is 17.6 Å². The third-order valence-corrected chi connectivity index (χ3v) is 5.45. The van der Waals surface area contributed by atoms with E-state index in [2.05, 4.69) is 10.6 Å². The number of carbonyl (C=O) groups excluding carboxylic acids is 1. The molecule has 0 aliphatic rings. The summed E-state index contributed by atoms with van der Waals surface area (Å²) < 4.78 is 29.6. The van der Waals surface area contributed by atoms with E-state index in [0.717, 1.165) is 22.6 Å². The molecule has 3 rings (SSSR count). The van der Waals surface area contributed by atoms with Crippen LogP contribution in [0.4, 0.5) is 10.5 Å². The zero-order valence-corrected chi connectivity index (χ0v) is 15.5. The van der Waals surface area contributed by atoms with Gasteiger partial charge < -0.3 is 15.1 Å². The Balaban J connectivity index is 1.57. The van der Waals surface area contributed by atoms with Crippen LogP contribution < -0.4 is 10.6 Å². The number of furan rings is 1. The highest BCUT2D eigenvalue weighted by atomic mass is 32.2. The first-order valence-electron chi connectivity index (χ1n) is 8.22. The molecule has 0 aliphatic carbocycles. The van der Waals surface area contributed by atoms with Gasteiger partial charge in [0.2, 0.25) is 10.0 Å². The summed E-state index contributed by atoms with van der Waals surface area (Å²) in [6.45, 7) is 0.725. The number of amides is 2. The van der Waals surface area contributed by atoms with Crippen LogP contribution in [0.15, 0.2) is 46.9 Å². The van der Waals surface area contributed by atoms with Crippen molar-refractivity contribution in [2.45, 2.75) is 6.42 Å². The lowest BCUT2D eigenvalue weighted by Crippen LogP contribution is -2.33.